The summed E-state index contributed by atoms with van der Waals surface area (Å²) in [5, 5.41) is 3.15. The van der Waals surface area contributed by atoms with Crippen molar-refractivity contribution in [2.75, 3.05) is 0 Å². The molecule has 0 aliphatic heterocycles. The van der Waals surface area contributed by atoms with E-state index in [2.05, 4.69) is 5.32 Å². The summed E-state index contributed by atoms with van der Waals surface area (Å²) in [6, 6.07) is 5.78. The lowest BCUT2D eigenvalue weighted by Gasteiger charge is -2.24. The Labute approximate surface area is 101 Å². The van der Waals surface area contributed by atoms with E-state index in [0.717, 1.165) is 5.56 Å². The van der Waals surface area contributed by atoms with Gasteiger partial charge in [-0.3, -0.25) is 10.1 Å². The van der Waals surface area contributed by atoms with E-state index >= 15 is 0 Å². The lowest BCUT2D eigenvalue weighted by atomic mass is 10.0. The van der Waals surface area contributed by atoms with Crippen LogP contribution in [0, 0.1) is 11.7 Å². The topological polar surface area (TPSA) is 55.1 Å². The number of benzene rings is 1. The van der Waals surface area contributed by atoms with Gasteiger partial charge in [-0.2, -0.15) is 0 Å². The van der Waals surface area contributed by atoms with Crippen LogP contribution in [0.2, 0.25) is 0 Å². The summed E-state index contributed by atoms with van der Waals surface area (Å²) in [4.78, 5) is 11.3. The molecule has 0 saturated heterocycles. The van der Waals surface area contributed by atoms with Gasteiger partial charge in [0.05, 0.1) is 6.04 Å². The van der Waals surface area contributed by atoms with Gasteiger partial charge in [-0.15, -0.1) is 0 Å². The fraction of sp³-hybridized carbons (Fsp3) is 0.462. The number of nitrogens with one attached hydrogen (secondary N) is 1. The molecule has 3 nitrogen and oxygen atoms in total. The minimum atomic E-state index is -0.380. The van der Waals surface area contributed by atoms with Crippen molar-refractivity contribution in [1.82, 2.24) is 5.32 Å². The Morgan fingerprint density at radius 2 is 1.76 bits per heavy atom. The van der Waals surface area contributed by atoms with Crippen LogP contribution in [0.1, 0.15) is 32.4 Å². The SMILES string of the molecule is CC(NC(C(N)=O)C(C)C)c1ccc(F)cc1. The van der Waals surface area contributed by atoms with E-state index in [1.807, 2.05) is 20.8 Å². The summed E-state index contributed by atoms with van der Waals surface area (Å²) in [6.07, 6.45) is 0. The van der Waals surface area contributed by atoms with Gasteiger partial charge >= 0.3 is 0 Å². The van der Waals surface area contributed by atoms with Gasteiger partial charge in [0.1, 0.15) is 5.82 Å². The first-order valence-corrected chi connectivity index (χ1v) is 5.72. The Balaban J connectivity index is 2.73. The summed E-state index contributed by atoms with van der Waals surface area (Å²) >= 11 is 0. The maximum atomic E-state index is 12.8. The largest absolute Gasteiger partial charge is 0.368 e. The normalized spacial score (nSPS) is 14.6. The zero-order valence-corrected chi connectivity index (χ0v) is 10.4. The number of hydrogen-bond acceptors (Lipinski definition) is 2. The number of nitrogens with two attached hydrogens (primary N) is 1. The van der Waals surface area contributed by atoms with Crippen molar-refractivity contribution in [3.8, 4) is 0 Å². The molecule has 0 aromatic heterocycles. The third kappa shape index (κ3) is 3.82. The number of halogens is 1. The molecule has 2 unspecified atom stereocenters. The van der Waals surface area contributed by atoms with Crippen molar-refractivity contribution in [3.63, 3.8) is 0 Å². The summed E-state index contributed by atoms with van der Waals surface area (Å²) in [6.45, 7) is 5.78. The molecule has 3 N–H and O–H groups in total. The summed E-state index contributed by atoms with van der Waals surface area (Å²) in [7, 11) is 0. The molecule has 0 heterocycles. The average molecular weight is 238 g/mol. The highest BCUT2D eigenvalue weighted by Gasteiger charge is 2.21. The lowest BCUT2D eigenvalue weighted by Crippen LogP contribution is -2.45. The maximum absolute atomic E-state index is 12.8. The van der Waals surface area contributed by atoms with E-state index in [9.17, 15) is 9.18 Å². The highest BCUT2D eigenvalue weighted by molar-refractivity contribution is 5.80. The van der Waals surface area contributed by atoms with Gasteiger partial charge in [0.2, 0.25) is 5.91 Å². The minimum absolute atomic E-state index is 0.0458. The molecule has 0 bridgehead atoms. The Hall–Kier alpha value is -1.42. The lowest BCUT2D eigenvalue weighted by molar-refractivity contribution is -0.121. The third-order valence-electron chi connectivity index (χ3n) is 2.77. The smallest absolute Gasteiger partial charge is 0.234 e. The molecule has 1 rings (SSSR count). The average Bonchev–Trinajstić information content (AvgIpc) is 2.25. The van der Waals surface area contributed by atoms with Crippen molar-refractivity contribution in [1.29, 1.82) is 0 Å². The van der Waals surface area contributed by atoms with Gasteiger partial charge < -0.3 is 5.73 Å². The number of amides is 1. The number of hydrogen-bond donors (Lipinski definition) is 2. The van der Waals surface area contributed by atoms with Gasteiger partial charge in [0.15, 0.2) is 0 Å². The molecule has 17 heavy (non-hydrogen) atoms. The van der Waals surface area contributed by atoms with Crippen LogP contribution in [0.3, 0.4) is 0 Å². The summed E-state index contributed by atoms with van der Waals surface area (Å²) in [5.74, 6) is -0.513. The Morgan fingerprint density at radius 1 is 1.24 bits per heavy atom. The second-order valence-electron chi connectivity index (χ2n) is 4.56. The molecule has 94 valence electrons. The first kappa shape index (κ1) is 13.6. The molecular weight excluding hydrogens is 219 g/mol. The third-order valence-corrected chi connectivity index (χ3v) is 2.77. The first-order chi connectivity index (χ1) is 7.91. The van der Waals surface area contributed by atoms with E-state index < -0.39 is 0 Å². The van der Waals surface area contributed by atoms with Crippen LogP contribution < -0.4 is 11.1 Å². The second-order valence-corrected chi connectivity index (χ2v) is 4.56. The molecular formula is C13H19FN2O. The number of carbonyl (C=O) groups excluding carboxylic acids is 1. The molecule has 0 aliphatic carbocycles. The van der Waals surface area contributed by atoms with Crippen molar-refractivity contribution in [2.24, 2.45) is 11.7 Å². The minimum Gasteiger partial charge on any atom is -0.368 e. The van der Waals surface area contributed by atoms with Crippen molar-refractivity contribution in [3.05, 3.63) is 35.6 Å². The summed E-state index contributed by atoms with van der Waals surface area (Å²) in [5.41, 5.74) is 6.26. The predicted octanol–water partition coefficient (Wildman–Crippen LogP) is 1.99. The number of primary amides is 1. The van der Waals surface area contributed by atoms with Crippen molar-refractivity contribution < 1.29 is 9.18 Å². The fourth-order valence-corrected chi connectivity index (χ4v) is 1.72. The first-order valence-electron chi connectivity index (χ1n) is 5.72. The van der Waals surface area contributed by atoms with Crippen LogP contribution in [0.4, 0.5) is 4.39 Å². The molecule has 0 spiro atoms. The molecule has 1 amide bonds. The van der Waals surface area contributed by atoms with E-state index in [1.165, 1.54) is 12.1 Å². The Bertz CT molecular complexity index is 376. The zero-order chi connectivity index (χ0) is 13.0. The molecule has 0 radical (unpaired) electrons. The van der Waals surface area contributed by atoms with Crippen LogP contribution in [0.15, 0.2) is 24.3 Å². The Morgan fingerprint density at radius 3 is 2.18 bits per heavy atom. The predicted molar refractivity (Wildman–Crippen MR) is 65.8 cm³/mol. The highest BCUT2D eigenvalue weighted by atomic mass is 19.1. The molecule has 2 atom stereocenters. The molecule has 0 aliphatic rings. The van der Waals surface area contributed by atoms with Crippen LogP contribution >= 0.6 is 0 Å². The molecule has 1 aromatic carbocycles. The van der Waals surface area contributed by atoms with Crippen molar-refractivity contribution in [2.45, 2.75) is 32.9 Å². The van der Waals surface area contributed by atoms with E-state index in [0.29, 0.717) is 0 Å². The van der Waals surface area contributed by atoms with Crippen LogP contribution in [0.25, 0.3) is 0 Å². The van der Waals surface area contributed by atoms with Crippen molar-refractivity contribution >= 4 is 5.91 Å². The van der Waals surface area contributed by atoms with Crippen LogP contribution in [-0.2, 0) is 4.79 Å². The monoisotopic (exact) mass is 238 g/mol. The fourth-order valence-electron chi connectivity index (χ4n) is 1.72. The Kier molecular flexibility index (Phi) is 4.63. The molecule has 1 aromatic rings. The highest BCUT2D eigenvalue weighted by Crippen LogP contribution is 2.15. The quantitative estimate of drug-likeness (QED) is 0.824. The van der Waals surface area contributed by atoms with Gasteiger partial charge in [-0.1, -0.05) is 26.0 Å². The molecule has 0 fully saturated rings. The summed E-state index contributed by atoms with van der Waals surface area (Å²) < 4.78 is 12.8. The van der Waals surface area contributed by atoms with Crippen LogP contribution in [0.5, 0.6) is 0 Å². The maximum Gasteiger partial charge on any atom is 0.234 e. The van der Waals surface area contributed by atoms with Gasteiger partial charge in [0, 0.05) is 6.04 Å². The molecule has 4 heteroatoms. The molecule has 0 saturated carbocycles. The number of carbonyl (C=O) groups is 1. The van der Waals surface area contributed by atoms with E-state index in [-0.39, 0.29) is 29.7 Å². The number of rotatable bonds is 5. The van der Waals surface area contributed by atoms with Gasteiger partial charge in [0.25, 0.3) is 0 Å². The van der Waals surface area contributed by atoms with E-state index in [4.69, 9.17) is 5.73 Å². The van der Waals surface area contributed by atoms with Gasteiger partial charge in [-0.05, 0) is 30.5 Å². The van der Waals surface area contributed by atoms with Gasteiger partial charge in [-0.25, -0.2) is 4.39 Å². The van der Waals surface area contributed by atoms with E-state index in [1.54, 1.807) is 12.1 Å². The van der Waals surface area contributed by atoms with Crippen LogP contribution in [-0.4, -0.2) is 11.9 Å². The second kappa shape index (κ2) is 5.77. The zero-order valence-electron chi connectivity index (χ0n) is 10.4. The standard InChI is InChI=1S/C13H19FN2O/c1-8(2)12(13(15)17)16-9(3)10-4-6-11(14)7-5-10/h4-9,12,16H,1-3H3,(H2,15,17).